The molecule has 2 N–H and O–H groups in total. The van der Waals surface area contributed by atoms with Crippen LogP contribution in [0.2, 0.25) is 0 Å². The molecule has 0 saturated carbocycles. The Labute approximate surface area is 78.3 Å². The Morgan fingerprint density at radius 2 is 2.54 bits per heavy atom. The average molecular weight is 184 g/mol. The van der Waals surface area contributed by atoms with Crippen molar-refractivity contribution < 1.29 is 9.53 Å². The molecule has 0 radical (unpaired) electrons. The molecule has 1 aliphatic heterocycles. The molecule has 0 aliphatic carbocycles. The molecule has 4 heteroatoms. The second-order valence-electron chi connectivity index (χ2n) is 3.19. The number of carbonyl (C=O) groups is 1. The molecule has 1 atom stereocenters. The van der Waals surface area contributed by atoms with Crippen molar-refractivity contribution in [2.24, 2.45) is 0 Å². The number of nitrogens with one attached hydrogen (secondary N) is 2. The van der Waals surface area contributed by atoms with Crippen molar-refractivity contribution in [3.8, 4) is 0 Å². The molecule has 1 saturated heterocycles. The number of rotatable bonds is 3. The third-order valence-electron chi connectivity index (χ3n) is 1.88. The van der Waals surface area contributed by atoms with Crippen molar-refractivity contribution in [3.63, 3.8) is 0 Å². The van der Waals surface area contributed by atoms with E-state index >= 15 is 0 Å². The highest BCUT2D eigenvalue weighted by molar-refractivity contribution is 5.92. The van der Waals surface area contributed by atoms with Gasteiger partial charge in [0.2, 0.25) is 5.91 Å². The van der Waals surface area contributed by atoms with Gasteiger partial charge >= 0.3 is 0 Å². The first-order valence-corrected chi connectivity index (χ1v) is 4.46. The number of hydrogen-bond donors (Lipinski definition) is 2. The lowest BCUT2D eigenvalue weighted by molar-refractivity contribution is -0.118. The highest BCUT2D eigenvalue weighted by Gasteiger charge is 2.13. The molecule has 0 spiro atoms. The molecule has 74 valence electrons. The molecule has 0 aromatic heterocycles. The smallest absolute Gasteiger partial charge is 0.246 e. The van der Waals surface area contributed by atoms with Gasteiger partial charge < -0.3 is 15.4 Å². The first-order chi connectivity index (χ1) is 6.20. The maximum Gasteiger partial charge on any atom is 0.246 e. The average Bonchev–Trinajstić information content (AvgIpc) is 2.15. The third kappa shape index (κ3) is 3.57. The molecular weight excluding hydrogens is 168 g/mol. The van der Waals surface area contributed by atoms with Crippen LogP contribution in [-0.4, -0.2) is 38.3 Å². The van der Waals surface area contributed by atoms with E-state index in [1.807, 2.05) is 0 Å². The van der Waals surface area contributed by atoms with Gasteiger partial charge in [-0.25, -0.2) is 0 Å². The molecule has 1 heterocycles. The maximum absolute atomic E-state index is 11.1. The van der Waals surface area contributed by atoms with Crippen LogP contribution in [0.1, 0.15) is 6.92 Å². The molecule has 13 heavy (non-hydrogen) atoms. The van der Waals surface area contributed by atoms with Gasteiger partial charge in [0.25, 0.3) is 0 Å². The van der Waals surface area contributed by atoms with Crippen LogP contribution >= 0.6 is 0 Å². The largest absolute Gasteiger partial charge is 0.374 e. The number of ether oxygens (including phenoxy) is 1. The van der Waals surface area contributed by atoms with Gasteiger partial charge in [0.1, 0.15) is 0 Å². The van der Waals surface area contributed by atoms with Crippen LogP contribution in [-0.2, 0) is 9.53 Å². The van der Waals surface area contributed by atoms with E-state index in [1.165, 1.54) is 0 Å². The second kappa shape index (κ2) is 4.99. The zero-order valence-electron chi connectivity index (χ0n) is 7.93. The molecule has 4 nitrogen and oxygen atoms in total. The third-order valence-corrected chi connectivity index (χ3v) is 1.88. The molecule has 0 bridgehead atoms. The van der Waals surface area contributed by atoms with E-state index < -0.39 is 0 Å². The summed E-state index contributed by atoms with van der Waals surface area (Å²) in [5.41, 5.74) is 0.531. The van der Waals surface area contributed by atoms with E-state index in [2.05, 4.69) is 17.2 Å². The Balaban J connectivity index is 2.17. The number of morpholine rings is 1. The summed E-state index contributed by atoms with van der Waals surface area (Å²) in [6.07, 6.45) is 0.0945. The van der Waals surface area contributed by atoms with Gasteiger partial charge in [-0.2, -0.15) is 0 Å². The number of hydrogen-bond acceptors (Lipinski definition) is 3. The number of carbonyl (C=O) groups excluding carboxylic acids is 1. The van der Waals surface area contributed by atoms with Crippen molar-refractivity contribution in [1.29, 1.82) is 0 Å². The van der Waals surface area contributed by atoms with Crippen LogP contribution in [0.4, 0.5) is 0 Å². The first-order valence-electron chi connectivity index (χ1n) is 4.46. The van der Waals surface area contributed by atoms with Gasteiger partial charge in [0.05, 0.1) is 12.7 Å². The van der Waals surface area contributed by atoms with E-state index in [0.717, 1.165) is 13.1 Å². The fraction of sp³-hybridized carbons (Fsp3) is 0.667. The molecule has 1 rings (SSSR count). The minimum atomic E-state index is -0.103. The summed E-state index contributed by atoms with van der Waals surface area (Å²) in [4.78, 5) is 11.1. The van der Waals surface area contributed by atoms with E-state index in [1.54, 1.807) is 6.92 Å². The Morgan fingerprint density at radius 3 is 3.08 bits per heavy atom. The highest BCUT2D eigenvalue weighted by atomic mass is 16.5. The molecule has 1 aliphatic rings. The molecule has 1 amide bonds. The van der Waals surface area contributed by atoms with Crippen molar-refractivity contribution in [1.82, 2.24) is 10.6 Å². The predicted octanol–water partition coefficient (Wildman–Crippen LogP) is -0.333. The van der Waals surface area contributed by atoms with Gasteiger partial charge in [0.15, 0.2) is 0 Å². The Kier molecular flexibility index (Phi) is 3.92. The Morgan fingerprint density at radius 1 is 1.77 bits per heavy atom. The van der Waals surface area contributed by atoms with Gasteiger partial charge in [-0.05, 0) is 6.92 Å². The van der Waals surface area contributed by atoms with Gasteiger partial charge in [-0.15, -0.1) is 0 Å². The van der Waals surface area contributed by atoms with Crippen LogP contribution < -0.4 is 10.6 Å². The van der Waals surface area contributed by atoms with Crippen molar-refractivity contribution in [3.05, 3.63) is 12.2 Å². The Bertz CT molecular complexity index is 198. The lowest BCUT2D eigenvalue weighted by Gasteiger charge is -2.23. The standard InChI is InChI=1S/C9H16N2O2/c1-7(2)9(12)11-6-8-5-10-3-4-13-8/h8,10H,1,3-6H2,2H3,(H,11,12). The summed E-state index contributed by atoms with van der Waals surface area (Å²) >= 11 is 0. The van der Waals surface area contributed by atoms with E-state index in [4.69, 9.17) is 4.74 Å². The maximum atomic E-state index is 11.1. The summed E-state index contributed by atoms with van der Waals surface area (Å²) < 4.78 is 5.40. The SMILES string of the molecule is C=C(C)C(=O)NCC1CNCCO1. The second-order valence-corrected chi connectivity index (χ2v) is 3.19. The van der Waals surface area contributed by atoms with Gasteiger partial charge in [-0.1, -0.05) is 6.58 Å². The zero-order chi connectivity index (χ0) is 9.68. The zero-order valence-corrected chi connectivity index (χ0v) is 7.93. The fourth-order valence-electron chi connectivity index (χ4n) is 1.11. The topological polar surface area (TPSA) is 50.4 Å². The van der Waals surface area contributed by atoms with Crippen molar-refractivity contribution in [2.75, 3.05) is 26.2 Å². The van der Waals surface area contributed by atoms with E-state index in [9.17, 15) is 4.79 Å². The van der Waals surface area contributed by atoms with Crippen LogP contribution in [0.25, 0.3) is 0 Å². The summed E-state index contributed by atoms with van der Waals surface area (Å²) in [7, 11) is 0. The summed E-state index contributed by atoms with van der Waals surface area (Å²) in [5.74, 6) is -0.103. The summed E-state index contributed by atoms with van der Waals surface area (Å²) in [5, 5.41) is 5.94. The minimum absolute atomic E-state index is 0.0945. The molecule has 1 fully saturated rings. The van der Waals surface area contributed by atoms with E-state index in [0.29, 0.717) is 18.7 Å². The van der Waals surface area contributed by atoms with Crippen LogP contribution in [0.5, 0.6) is 0 Å². The van der Waals surface area contributed by atoms with Gasteiger partial charge in [0, 0.05) is 25.2 Å². The predicted molar refractivity (Wildman–Crippen MR) is 50.4 cm³/mol. The van der Waals surface area contributed by atoms with Gasteiger partial charge in [-0.3, -0.25) is 4.79 Å². The summed E-state index contributed by atoms with van der Waals surface area (Å²) in [6.45, 7) is 8.21. The quantitative estimate of drug-likeness (QED) is 0.590. The lowest BCUT2D eigenvalue weighted by Crippen LogP contribution is -2.45. The summed E-state index contributed by atoms with van der Waals surface area (Å²) in [6, 6.07) is 0. The van der Waals surface area contributed by atoms with Crippen LogP contribution in [0.3, 0.4) is 0 Å². The highest BCUT2D eigenvalue weighted by Crippen LogP contribution is 1.94. The normalized spacial score (nSPS) is 22.4. The van der Waals surface area contributed by atoms with Crippen molar-refractivity contribution in [2.45, 2.75) is 13.0 Å². The monoisotopic (exact) mass is 184 g/mol. The van der Waals surface area contributed by atoms with Crippen LogP contribution in [0.15, 0.2) is 12.2 Å². The van der Waals surface area contributed by atoms with E-state index in [-0.39, 0.29) is 12.0 Å². The van der Waals surface area contributed by atoms with Crippen LogP contribution in [0, 0.1) is 0 Å². The molecular formula is C9H16N2O2. The lowest BCUT2D eigenvalue weighted by atomic mass is 10.3. The number of amides is 1. The molecule has 1 unspecified atom stereocenters. The molecule has 0 aromatic rings. The minimum Gasteiger partial charge on any atom is -0.374 e. The molecule has 0 aromatic carbocycles. The first kappa shape index (κ1) is 10.2. The Hall–Kier alpha value is -0.870. The van der Waals surface area contributed by atoms with Crippen molar-refractivity contribution >= 4 is 5.91 Å². The fourth-order valence-corrected chi connectivity index (χ4v) is 1.11.